The van der Waals surface area contributed by atoms with Gasteiger partial charge in [0.05, 0.1) is 6.26 Å². The van der Waals surface area contributed by atoms with E-state index < -0.39 is 0 Å². The van der Waals surface area contributed by atoms with Crippen LogP contribution < -0.4 is 5.32 Å². The molecule has 1 heterocycles. The van der Waals surface area contributed by atoms with Crippen molar-refractivity contribution in [3.8, 4) is 0 Å². The number of hydrogen-bond donors (Lipinski definition) is 1. The molecule has 0 spiro atoms. The number of hydrogen-bond acceptors (Lipinski definition) is 2. The molecule has 1 aliphatic rings. The lowest BCUT2D eigenvalue weighted by Crippen LogP contribution is -2.26. The summed E-state index contributed by atoms with van der Waals surface area (Å²) < 4.78 is 5.18. The predicted octanol–water partition coefficient (Wildman–Crippen LogP) is 2.60. The molecule has 14 heavy (non-hydrogen) atoms. The lowest BCUT2D eigenvalue weighted by molar-refractivity contribution is 0.555. The van der Waals surface area contributed by atoms with Crippen molar-refractivity contribution in [2.24, 2.45) is 0 Å². The van der Waals surface area contributed by atoms with Gasteiger partial charge in [-0.3, -0.25) is 0 Å². The Hall–Kier alpha value is -1.28. The fraction of sp³-hybridized carbons (Fsp3) is 0.333. The fourth-order valence-corrected chi connectivity index (χ4v) is 1.58. The van der Waals surface area contributed by atoms with Crippen molar-refractivity contribution < 1.29 is 4.42 Å². The summed E-state index contributed by atoms with van der Waals surface area (Å²) in [5, 5.41) is 3.45. The molecule has 1 aromatic rings. The van der Waals surface area contributed by atoms with Gasteiger partial charge in [-0.1, -0.05) is 18.2 Å². The molecule has 0 aromatic carbocycles. The summed E-state index contributed by atoms with van der Waals surface area (Å²) in [5.74, 6) is 0.913. The van der Waals surface area contributed by atoms with Gasteiger partial charge in [-0.25, -0.2) is 0 Å². The molecule has 1 N–H and O–H groups in total. The van der Waals surface area contributed by atoms with Crippen molar-refractivity contribution in [2.75, 3.05) is 6.54 Å². The second-order valence-corrected chi connectivity index (χ2v) is 3.47. The van der Waals surface area contributed by atoms with Crippen molar-refractivity contribution in [1.82, 2.24) is 5.32 Å². The average molecular weight is 189 g/mol. The van der Waals surface area contributed by atoms with Crippen LogP contribution in [0.4, 0.5) is 0 Å². The van der Waals surface area contributed by atoms with E-state index in [2.05, 4.69) is 23.5 Å². The Bertz CT molecular complexity index is 303. The summed E-state index contributed by atoms with van der Waals surface area (Å²) in [5.41, 5.74) is 0. The topological polar surface area (TPSA) is 25.2 Å². The zero-order valence-corrected chi connectivity index (χ0v) is 8.15. The summed E-state index contributed by atoms with van der Waals surface area (Å²) in [4.78, 5) is 0. The lowest BCUT2D eigenvalue weighted by atomic mass is 10.2. The predicted molar refractivity (Wildman–Crippen MR) is 57.9 cm³/mol. The van der Waals surface area contributed by atoms with Crippen LogP contribution in [0.25, 0.3) is 6.08 Å². The fourth-order valence-electron chi connectivity index (χ4n) is 1.58. The lowest BCUT2D eigenvalue weighted by Gasteiger charge is -2.08. The molecule has 0 aliphatic heterocycles. The van der Waals surface area contributed by atoms with Crippen LogP contribution in [0.3, 0.4) is 0 Å². The van der Waals surface area contributed by atoms with Crippen molar-refractivity contribution >= 4 is 6.08 Å². The van der Waals surface area contributed by atoms with Gasteiger partial charge in [0.2, 0.25) is 0 Å². The monoisotopic (exact) mass is 189 g/mol. The van der Waals surface area contributed by atoms with Gasteiger partial charge in [0.1, 0.15) is 5.76 Å². The van der Waals surface area contributed by atoms with Crippen LogP contribution >= 0.6 is 0 Å². The first-order valence-electron chi connectivity index (χ1n) is 5.03. The number of rotatable bonds is 4. The Morgan fingerprint density at radius 3 is 3.00 bits per heavy atom. The SMILES string of the molecule is C1=CCC(NC/C=C/c2ccco2)C1. The highest BCUT2D eigenvalue weighted by atomic mass is 16.3. The van der Waals surface area contributed by atoms with Gasteiger partial charge < -0.3 is 9.73 Å². The molecule has 2 heteroatoms. The van der Waals surface area contributed by atoms with Gasteiger partial charge in [0.15, 0.2) is 0 Å². The normalized spacial score (nSPS) is 17.1. The second kappa shape index (κ2) is 4.82. The highest BCUT2D eigenvalue weighted by molar-refractivity contribution is 5.42. The average Bonchev–Trinajstić information content (AvgIpc) is 2.86. The van der Waals surface area contributed by atoms with Crippen molar-refractivity contribution in [2.45, 2.75) is 18.9 Å². The van der Waals surface area contributed by atoms with E-state index >= 15 is 0 Å². The summed E-state index contributed by atoms with van der Waals surface area (Å²) in [6.45, 7) is 0.910. The smallest absolute Gasteiger partial charge is 0.126 e. The molecule has 0 unspecified atom stereocenters. The first kappa shape index (κ1) is 9.28. The summed E-state index contributed by atoms with van der Waals surface area (Å²) >= 11 is 0. The van der Waals surface area contributed by atoms with Crippen LogP contribution in [-0.4, -0.2) is 12.6 Å². The molecule has 0 atom stereocenters. The Kier molecular flexibility index (Phi) is 3.19. The maximum absolute atomic E-state index is 5.18. The minimum atomic E-state index is 0.635. The van der Waals surface area contributed by atoms with Crippen LogP contribution in [0.2, 0.25) is 0 Å². The van der Waals surface area contributed by atoms with E-state index in [1.165, 1.54) is 0 Å². The first-order chi connectivity index (χ1) is 6.95. The highest BCUT2D eigenvalue weighted by Crippen LogP contribution is 2.08. The third-order valence-electron chi connectivity index (χ3n) is 2.36. The van der Waals surface area contributed by atoms with Crippen LogP contribution in [0.15, 0.2) is 41.0 Å². The van der Waals surface area contributed by atoms with E-state index in [1.807, 2.05) is 18.2 Å². The third kappa shape index (κ3) is 2.60. The minimum absolute atomic E-state index is 0.635. The summed E-state index contributed by atoms with van der Waals surface area (Å²) in [7, 11) is 0. The zero-order chi connectivity index (χ0) is 9.64. The Labute approximate surface area is 84.3 Å². The van der Waals surface area contributed by atoms with E-state index in [0.29, 0.717) is 6.04 Å². The first-order valence-corrected chi connectivity index (χ1v) is 5.03. The van der Waals surface area contributed by atoms with Crippen LogP contribution in [-0.2, 0) is 0 Å². The molecule has 2 nitrogen and oxygen atoms in total. The molecule has 0 amide bonds. The van der Waals surface area contributed by atoms with Gasteiger partial charge in [-0.05, 0) is 31.1 Å². The Morgan fingerprint density at radius 2 is 2.29 bits per heavy atom. The molecule has 74 valence electrons. The molecular formula is C12H15NO. The van der Waals surface area contributed by atoms with Gasteiger partial charge >= 0.3 is 0 Å². The van der Waals surface area contributed by atoms with Crippen LogP contribution in [0, 0.1) is 0 Å². The van der Waals surface area contributed by atoms with Gasteiger partial charge in [-0.2, -0.15) is 0 Å². The maximum atomic E-state index is 5.18. The Morgan fingerprint density at radius 1 is 1.43 bits per heavy atom. The quantitative estimate of drug-likeness (QED) is 0.736. The summed E-state index contributed by atoms with van der Waals surface area (Å²) in [6.07, 6.45) is 12.6. The third-order valence-corrected chi connectivity index (χ3v) is 2.36. The minimum Gasteiger partial charge on any atom is -0.465 e. The molecule has 0 fully saturated rings. The number of furan rings is 1. The van der Waals surface area contributed by atoms with Gasteiger partial charge in [-0.15, -0.1) is 0 Å². The van der Waals surface area contributed by atoms with E-state index in [4.69, 9.17) is 4.42 Å². The standard InChI is InChI=1S/C12H15NO/c1-2-6-11(5-1)13-9-3-7-12-8-4-10-14-12/h1-4,7-8,10-11,13H,5-6,9H2/b7-3+. The molecule has 0 radical (unpaired) electrons. The highest BCUT2D eigenvalue weighted by Gasteiger charge is 2.06. The second-order valence-electron chi connectivity index (χ2n) is 3.47. The molecule has 1 aliphatic carbocycles. The van der Waals surface area contributed by atoms with Gasteiger partial charge in [0.25, 0.3) is 0 Å². The van der Waals surface area contributed by atoms with E-state index in [1.54, 1.807) is 6.26 Å². The molecule has 1 aromatic heterocycles. The van der Waals surface area contributed by atoms with Gasteiger partial charge in [0, 0.05) is 12.6 Å². The van der Waals surface area contributed by atoms with Crippen LogP contribution in [0.1, 0.15) is 18.6 Å². The molecule has 0 bridgehead atoms. The largest absolute Gasteiger partial charge is 0.465 e. The Balaban J connectivity index is 1.67. The van der Waals surface area contributed by atoms with Crippen molar-refractivity contribution in [1.29, 1.82) is 0 Å². The molecule has 0 saturated carbocycles. The van der Waals surface area contributed by atoms with Crippen molar-refractivity contribution in [3.05, 3.63) is 42.4 Å². The maximum Gasteiger partial charge on any atom is 0.126 e. The molecule has 2 rings (SSSR count). The van der Waals surface area contributed by atoms with E-state index in [0.717, 1.165) is 25.1 Å². The zero-order valence-electron chi connectivity index (χ0n) is 8.15. The van der Waals surface area contributed by atoms with E-state index in [-0.39, 0.29) is 0 Å². The van der Waals surface area contributed by atoms with Crippen LogP contribution in [0.5, 0.6) is 0 Å². The summed E-state index contributed by atoms with van der Waals surface area (Å²) in [6, 6.07) is 4.48. The molecular weight excluding hydrogens is 174 g/mol. The van der Waals surface area contributed by atoms with E-state index in [9.17, 15) is 0 Å². The van der Waals surface area contributed by atoms with Crippen molar-refractivity contribution in [3.63, 3.8) is 0 Å². The number of nitrogens with one attached hydrogen (secondary N) is 1. The molecule has 0 saturated heterocycles.